The van der Waals surface area contributed by atoms with E-state index in [2.05, 4.69) is 20.3 Å². The topological polar surface area (TPSA) is 95.6 Å². The normalized spacial score (nSPS) is 10.6. The van der Waals surface area contributed by atoms with E-state index in [0.717, 1.165) is 5.69 Å². The summed E-state index contributed by atoms with van der Waals surface area (Å²) in [5.41, 5.74) is 6.44. The van der Waals surface area contributed by atoms with Crippen molar-refractivity contribution in [2.75, 3.05) is 0 Å². The Bertz CT molecular complexity index is 775. The second-order valence-electron chi connectivity index (χ2n) is 4.44. The lowest BCUT2D eigenvalue weighted by atomic mass is 10.3. The van der Waals surface area contributed by atoms with Crippen LogP contribution in [0, 0.1) is 12.7 Å². The van der Waals surface area contributed by atoms with Gasteiger partial charge in [-0.15, -0.1) is 22.6 Å². The largest absolute Gasteiger partial charge is 0.338 e. The van der Waals surface area contributed by atoms with Crippen molar-refractivity contribution >= 4 is 24.2 Å². The molecule has 2 N–H and O–H groups in total. The molecule has 0 bridgehead atoms. The molecule has 3 aromatic rings. The fourth-order valence-electron chi connectivity index (χ4n) is 1.90. The van der Waals surface area contributed by atoms with Crippen molar-refractivity contribution < 1.29 is 8.91 Å². The molecule has 1 aromatic carbocycles. The summed E-state index contributed by atoms with van der Waals surface area (Å²) in [5.74, 6) is 1.84. The lowest BCUT2D eigenvalue weighted by Gasteiger charge is -2.08. The maximum Gasteiger partial charge on any atom is 0.237 e. The number of rotatable bonds is 5. The predicted octanol–water partition coefficient (Wildman–Crippen LogP) is 2.27. The Morgan fingerprint density at radius 2 is 2.00 bits per heavy atom. The average Bonchev–Trinajstić information content (AvgIpc) is 3.12. The first-order chi connectivity index (χ1) is 10.7. The van der Waals surface area contributed by atoms with Crippen LogP contribution in [0.1, 0.15) is 17.5 Å². The van der Waals surface area contributed by atoms with Crippen LogP contribution >= 0.6 is 24.2 Å². The van der Waals surface area contributed by atoms with Crippen LogP contribution in [0.2, 0.25) is 0 Å². The number of benzene rings is 1. The van der Waals surface area contributed by atoms with Crippen molar-refractivity contribution in [1.29, 1.82) is 0 Å². The minimum atomic E-state index is -0.304. The molecule has 7 nitrogen and oxygen atoms in total. The van der Waals surface area contributed by atoms with Gasteiger partial charge in [0.15, 0.2) is 16.8 Å². The van der Waals surface area contributed by atoms with E-state index in [4.69, 9.17) is 10.3 Å². The molecule has 2 heterocycles. The van der Waals surface area contributed by atoms with Crippen LogP contribution in [-0.4, -0.2) is 24.9 Å². The molecule has 0 saturated carbocycles. The lowest BCUT2D eigenvalue weighted by Crippen LogP contribution is -2.07. The molecule has 0 atom stereocenters. The van der Waals surface area contributed by atoms with Gasteiger partial charge in [0, 0.05) is 5.69 Å². The van der Waals surface area contributed by atoms with Gasteiger partial charge in [-0.25, -0.2) is 4.39 Å². The number of nitrogens with zero attached hydrogens (tertiary/aromatic N) is 5. The van der Waals surface area contributed by atoms with Gasteiger partial charge in [-0.1, -0.05) is 16.9 Å². The summed E-state index contributed by atoms with van der Waals surface area (Å²) in [7, 11) is 0. The number of nitrogens with two attached hydrogens (primary N) is 1. The molecule has 0 aliphatic rings. The first-order valence-corrected chi connectivity index (χ1v) is 7.48. The summed E-state index contributed by atoms with van der Waals surface area (Å²) in [4.78, 5) is 4.14. The Kier molecular flexibility index (Phi) is 5.69. The van der Waals surface area contributed by atoms with Gasteiger partial charge < -0.3 is 10.3 Å². The molecular weight excluding hydrogens is 343 g/mol. The molecule has 2 aromatic heterocycles. The summed E-state index contributed by atoms with van der Waals surface area (Å²) in [5, 5.41) is 12.5. The van der Waals surface area contributed by atoms with E-state index in [1.165, 1.54) is 23.9 Å². The Morgan fingerprint density at radius 3 is 2.61 bits per heavy atom. The highest BCUT2D eigenvalue weighted by Gasteiger charge is 2.15. The van der Waals surface area contributed by atoms with Crippen LogP contribution < -0.4 is 5.73 Å². The maximum atomic E-state index is 13.1. The van der Waals surface area contributed by atoms with E-state index in [-0.39, 0.29) is 24.8 Å². The van der Waals surface area contributed by atoms with E-state index in [1.807, 2.05) is 0 Å². The number of halogens is 2. The van der Waals surface area contributed by atoms with Crippen LogP contribution in [0.15, 0.2) is 33.9 Å². The predicted molar refractivity (Wildman–Crippen MR) is 85.1 cm³/mol. The van der Waals surface area contributed by atoms with Gasteiger partial charge in [0.2, 0.25) is 5.89 Å². The molecule has 0 aliphatic heterocycles. The van der Waals surface area contributed by atoms with Crippen molar-refractivity contribution in [2.45, 2.75) is 24.4 Å². The molecule has 0 saturated heterocycles. The number of aryl methyl sites for hydroxylation is 1. The van der Waals surface area contributed by atoms with E-state index in [1.54, 1.807) is 23.6 Å². The molecular formula is C13H14ClFN6OS. The standard InChI is InChI=1S/C13H13FN6OS.ClH/c1-8-16-12(21-19-8)7-22-13-18-17-11(6-15)20(13)10-4-2-9(14)3-5-10;/h2-5H,6-7,15H2,1H3;1H. The SMILES string of the molecule is Cc1noc(CSc2nnc(CN)n2-c2ccc(F)cc2)n1.Cl. The van der Waals surface area contributed by atoms with Crippen LogP contribution in [0.3, 0.4) is 0 Å². The van der Waals surface area contributed by atoms with Crippen molar-refractivity contribution in [1.82, 2.24) is 24.9 Å². The second-order valence-corrected chi connectivity index (χ2v) is 5.38. The van der Waals surface area contributed by atoms with Crippen molar-refractivity contribution in [3.05, 3.63) is 47.6 Å². The molecule has 0 fully saturated rings. The highest BCUT2D eigenvalue weighted by atomic mass is 35.5. The van der Waals surface area contributed by atoms with E-state index >= 15 is 0 Å². The molecule has 3 rings (SSSR count). The number of hydrogen-bond acceptors (Lipinski definition) is 7. The van der Waals surface area contributed by atoms with E-state index < -0.39 is 0 Å². The monoisotopic (exact) mass is 356 g/mol. The van der Waals surface area contributed by atoms with Crippen LogP contribution in [0.5, 0.6) is 0 Å². The summed E-state index contributed by atoms with van der Waals surface area (Å²) in [6, 6.07) is 6.06. The molecule has 0 amide bonds. The Morgan fingerprint density at radius 1 is 1.26 bits per heavy atom. The average molecular weight is 357 g/mol. The molecule has 122 valence electrons. The molecule has 0 aliphatic carbocycles. The highest BCUT2D eigenvalue weighted by molar-refractivity contribution is 7.98. The van der Waals surface area contributed by atoms with Gasteiger partial charge in [0.05, 0.1) is 12.3 Å². The van der Waals surface area contributed by atoms with Crippen LogP contribution in [-0.2, 0) is 12.3 Å². The van der Waals surface area contributed by atoms with E-state index in [0.29, 0.717) is 28.4 Å². The molecule has 10 heteroatoms. The lowest BCUT2D eigenvalue weighted by molar-refractivity contribution is 0.387. The van der Waals surface area contributed by atoms with Gasteiger partial charge in [-0.3, -0.25) is 4.57 Å². The van der Waals surface area contributed by atoms with Gasteiger partial charge in [-0.2, -0.15) is 4.98 Å². The summed E-state index contributed by atoms with van der Waals surface area (Å²) in [6.07, 6.45) is 0. The highest BCUT2D eigenvalue weighted by Crippen LogP contribution is 2.24. The smallest absolute Gasteiger partial charge is 0.237 e. The first-order valence-electron chi connectivity index (χ1n) is 6.49. The number of hydrogen-bond donors (Lipinski definition) is 1. The maximum absolute atomic E-state index is 13.1. The van der Waals surface area contributed by atoms with Gasteiger partial charge in [-0.05, 0) is 31.2 Å². The third-order valence-corrected chi connectivity index (χ3v) is 3.78. The van der Waals surface area contributed by atoms with Crippen molar-refractivity contribution in [3.63, 3.8) is 0 Å². The third kappa shape index (κ3) is 3.87. The fraction of sp³-hybridized carbons (Fsp3) is 0.231. The number of thioether (sulfide) groups is 1. The minimum Gasteiger partial charge on any atom is -0.338 e. The second kappa shape index (κ2) is 7.53. The Balaban J connectivity index is 0.00000192. The van der Waals surface area contributed by atoms with Crippen molar-refractivity contribution in [3.8, 4) is 5.69 Å². The zero-order valence-electron chi connectivity index (χ0n) is 12.1. The summed E-state index contributed by atoms with van der Waals surface area (Å²) in [6.45, 7) is 1.98. The van der Waals surface area contributed by atoms with Gasteiger partial charge >= 0.3 is 0 Å². The van der Waals surface area contributed by atoms with Gasteiger partial charge in [0.25, 0.3) is 0 Å². The Labute approximate surface area is 141 Å². The first kappa shape index (κ1) is 17.4. The summed E-state index contributed by atoms with van der Waals surface area (Å²) >= 11 is 1.39. The number of aromatic nitrogens is 5. The zero-order chi connectivity index (χ0) is 15.5. The van der Waals surface area contributed by atoms with Gasteiger partial charge in [0.1, 0.15) is 5.82 Å². The summed E-state index contributed by atoms with van der Waals surface area (Å²) < 4.78 is 19.9. The van der Waals surface area contributed by atoms with Crippen LogP contribution in [0.4, 0.5) is 4.39 Å². The fourth-order valence-corrected chi connectivity index (χ4v) is 2.71. The zero-order valence-corrected chi connectivity index (χ0v) is 13.8. The van der Waals surface area contributed by atoms with E-state index in [9.17, 15) is 4.39 Å². The molecule has 0 spiro atoms. The minimum absolute atomic E-state index is 0. The quantitative estimate of drug-likeness (QED) is 0.700. The molecule has 0 radical (unpaired) electrons. The third-order valence-electron chi connectivity index (χ3n) is 2.86. The molecule has 23 heavy (non-hydrogen) atoms. The Hall–Kier alpha value is -1.97. The molecule has 0 unspecified atom stereocenters. The van der Waals surface area contributed by atoms with Crippen molar-refractivity contribution in [2.24, 2.45) is 5.73 Å². The van der Waals surface area contributed by atoms with Crippen LogP contribution in [0.25, 0.3) is 5.69 Å².